The maximum atomic E-state index is 11.7. The Kier molecular flexibility index (Phi) is 5.62. The second-order valence-corrected chi connectivity index (χ2v) is 5.45. The van der Waals surface area contributed by atoms with Crippen LogP contribution in [0.5, 0.6) is 0 Å². The van der Waals surface area contributed by atoms with Crippen molar-refractivity contribution in [3.63, 3.8) is 0 Å². The summed E-state index contributed by atoms with van der Waals surface area (Å²) in [7, 11) is 1.59. The molecule has 2 aliphatic rings. The molecular weight excluding hydrogens is 290 g/mol. The van der Waals surface area contributed by atoms with E-state index in [2.05, 4.69) is 0 Å². The Bertz CT molecular complexity index is 409. The number of carbonyl (C=O) groups excluding carboxylic acids is 4. The van der Waals surface area contributed by atoms with Gasteiger partial charge in [-0.3, -0.25) is 33.9 Å². The lowest BCUT2D eigenvalue weighted by molar-refractivity contribution is -0.143. The van der Waals surface area contributed by atoms with E-state index in [0.29, 0.717) is 19.6 Å². The Balaban J connectivity index is 1.98. The Morgan fingerprint density at radius 2 is 1.27 bits per heavy atom. The smallest absolute Gasteiger partial charge is 0.230 e. The molecule has 0 N–H and O–H groups in total. The van der Waals surface area contributed by atoms with Gasteiger partial charge in [-0.1, -0.05) is 0 Å². The van der Waals surface area contributed by atoms with Crippen molar-refractivity contribution in [2.45, 2.75) is 32.1 Å². The molecule has 2 heterocycles. The lowest BCUT2D eigenvalue weighted by atomic mass is 10.4. The molecule has 2 rings (SSSR count). The van der Waals surface area contributed by atoms with Gasteiger partial charge in [0.05, 0.1) is 13.3 Å². The summed E-state index contributed by atoms with van der Waals surface area (Å²) in [5.74, 6) is -0.830. The summed E-state index contributed by atoms with van der Waals surface area (Å²) < 4.78 is 5.00. The molecule has 0 aromatic carbocycles. The van der Waals surface area contributed by atoms with Crippen molar-refractivity contribution < 1.29 is 23.9 Å². The van der Waals surface area contributed by atoms with E-state index in [1.165, 1.54) is 9.80 Å². The zero-order valence-corrected chi connectivity index (χ0v) is 12.7. The third-order valence-corrected chi connectivity index (χ3v) is 3.82. The summed E-state index contributed by atoms with van der Waals surface area (Å²) >= 11 is 0. The quantitative estimate of drug-likeness (QED) is 0.445. The van der Waals surface area contributed by atoms with Crippen LogP contribution >= 0.6 is 0 Å². The van der Waals surface area contributed by atoms with Crippen LogP contribution < -0.4 is 0 Å². The van der Waals surface area contributed by atoms with Crippen LogP contribution in [0.3, 0.4) is 0 Å². The highest BCUT2D eigenvalue weighted by atomic mass is 16.5. The second kappa shape index (κ2) is 7.46. The number of amides is 4. The molecule has 2 fully saturated rings. The van der Waals surface area contributed by atoms with E-state index in [-0.39, 0.29) is 62.6 Å². The third kappa shape index (κ3) is 3.89. The fraction of sp³-hybridized carbons (Fsp3) is 0.714. The normalized spacial score (nSPS) is 19.2. The number of ether oxygens (including phenoxy) is 1. The number of rotatable bonds is 8. The first-order valence-corrected chi connectivity index (χ1v) is 7.40. The van der Waals surface area contributed by atoms with Gasteiger partial charge in [-0.05, 0) is 6.42 Å². The van der Waals surface area contributed by atoms with Crippen LogP contribution in [0.25, 0.3) is 0 Å². The average Bonchev–Trinajstić information content (AvgIpc) is 2.97. The molecule has 0 aromatic heterocycles. The summed E-state index contributed by atoms with van der Waals surface area (Å²) in [4.78, 5) is 51.0. The van der Waals surface area contributed by atoms with E-state index in [1.54, 1.807) is 12.0 Å². The van der Waals surface area contributed by atoms with E-state index in [1.807, 2.05) is 0 Å². The maximum absolute atomic E-state index is 11.7. The minimum Gasteiger partial charge on any atom is -0.385 e. The number of imide groups is 2. The lowest BCUT2D eigenvalue weighted by Gasteiger charge is -2.29. The Morgan fingerprint density at radius 3 is 1.64 bits per heavy atom. The summed E-state index contributed by atoms with van der Waals surface area (Å²) in [6, 6.07) is 0. The van der Waals surface area contributed by atoms with E-state index >= 15 is 0 Å². The van der Waals surface area contributed by atoms with E-state index in [0.717, 1.165) is 0 Å². The molecule has 0 unspecified atom stereocenters. The summed E-state index contributed by atoms with van der Waals surface area (Å²) in [6.07, 6.45) is 1.60. The Labute approximate surface area is 129 Å². The SMILES string of the molecule is COCCCN(CN1C(=O)CCC1=O)CN1C(=O)CCC1=O. The van der Waals surface area contributed by atoms with Gasteiger partial charge < -0.3 is 4.74 Å². The number of carbonyl (C=O) groups is 4. The number of likely N-dealkylation sites (tertiary alicyclic amines) is 2. The van der Waals surface area contributed by atoms with E-state index < -0.39 is 0 Å². The van der Waals surface area contributed by atoms with Gasteiger partial charge >= 0.3 is 0 Å². The van der Waals surface area contributed by atoms with Gasteiger partial charge in [-0.25, -0.2) is 0 Å². The topological polar surface area (TPSA) is 87.2 Å². The molecule has 0 aromatic rings. The van der Waals surface area contributed by atoms with Crippen LogP contribution in [-0.2, 0) is 23.9 Å². The molecule has 0 bridgehead atoms. The molecule has 2 saturated heterocycles. The van der Waals surface area contributed by atoms with Crippen molar-refractivity contribution in [3.8, 4) is 0 Å². The van der Waals surface area contributed by atoms with Crippen molar-refractivity contribution in [2.24, 2.45) is 0 Å². The fourth-order valence-electron chi connectivity index (χ4n) is 2.58. The first kappa shape index (κ1) is 16.6. The summed E-state index contributed by atoms with van der Waals surface area (Å²) in [5.41, 5.74) is 0. The predicted octanol–water partition coefficient (Wildman–Crippen LogP) is -0.462. The van der Waals surface area contributed by atoms with E-state index in [4.69, 9.17) is 4.74 Å². The largest absolute Gasteiger partial charge is 0.385 e. The van der Waals surface area contributed by atoms with Crippen molar-refractivity contribution in [2.75, 3.05) is 33.6 Å². The molecule has 8 nitrogen and oxygen atoms in total. The number of methoxy groups -OCH3 is 1. The van der Waals surface area contributed by atoms with Crippen LogP contribution in [0.15, 0.2) is 0 Å². The van der Waals surface area contributed by atoms with Gasteiger partial charge in [-0.15, -0.1) is 0 Å². The predicted molar refractivity (Wildman–Crippen MR) is 75.1 cm³/mol. The second-order valence-electron chi connectivity index (χ2n) is 5.45. The van der Waals surface area contributed by atoms with Crippen LogP contribution in [0.2, 0.25) is 0 Å². The molecular formula is C14H21N3O5. The molecule has 8 heteroatoms. The average molecular weight is 311 g/mol. The third-order valence-electron chi connectivity index (χ3n) is 3.82. The zero-order valence-electron chi connectivity index (χ0n) is 12.7. The molecule has 0 atom stereocenters. The van der Waals surface area contributed by atoms with Gasteiger partial charge in [-0.2, -0.15) is 0 Å². The van der Waals surface area contributed by atoms with Crippen molar-refractivity contribution in [1.29, 1.82) is 0 Å². The number of hydrogen-bond donors (Lipinski definition) is 0. The zero-order chi connectivity index (χ0) is 16.1. The van der Waals surface area contributed by atoms with Crippen molar-refractivity contribution in [3.05, 3.63) is 0 Å². The fourth-order valence-corrected chi connectivity index (χ4v) is 2.58. The standard InChI is InChI=1S/C14H21N3O5/c1-22-8-2-7-15(9-16-11(18)3-4-12(16)19)10-17-13(20)5-6-14(17)21/h2-10H2,1H3. The van der Waals surface area contributed by atoms with Gasteiger partial charge in [0, 0.05) is 45.9 Å². The van der Waals surface area contributed by atoms with Gasteiger partial charge in [0.15, 0.2) is 0 Å². The molecule has 0 saturated carbocycles. The number of nitrogens with zero attached hydrogens (tertiary/aromatic N) is 3. The number of hydrogen-bond acceptors (Lipinski definition) is 6. The van der Waals surface area contributed by atoms with Crippen LogP contribution in [-0.4, -0.2) is 71.9 Å². The molecule has 0 aliphatic carbocycles. The first-order chi connectivity index (χ1) is 10.5. The Hall–Kier alpha value is -1.80. The molecule has 22 heavy (non-hydrogen) atoms. The van der Waals surface area contributed by atoms with Crippen LogP contribution in [0.4, 0.5) is 0 Å². The van der Waals surface area contributed by atoms with Crippen LogP contribution in [0, 0.1) is 0 Å². The van der Waals surface area contributed by atoms with Gasteiger partial charge in [0.25, 0.3) is 0 Å². The van der Waals surface area contributed by atoms with Crippen LogP contribution in [0.1, 0.15) is 32.1 Å². The highest BCUT2D eigenvalue weighted by Gasteiger charge is 2.33. The van der Waals surface area contributed by atoms with Gasteiger partial charge in [0.2, 0.25) is 23.6 Å². The van der Waals surface area contributed by atoms with Gasteiger partial charge in [0.1, 0.15) is 0 Å². The molecule has 4 amide bonds. The van der Waals surface area contributed by atoms with E-state index in [9.17, 15) is 19.2 Å². The highest BCUT2D eigenvalue weighted by molar-refractivity contribution is 6.02. The highest BCUT2D eigenvalue weighted by Crippen LogP contribution is 2.16. The molecule has 2 aliphatic heterocycles. The molecule has 0 radical (unpaired) electrons. The first-order valence-electron chi connectivity index (χ1n) is 7.40. The summed E-state index contributed by atoms with van der Waals surface area (Å²) in [6.45, 7) is 1.28. The summed E-state index contributed by atoms with van der Waals surface area (Å²) in [5, 5.41) is 0. The monoisotopic (exact) mass is 311 g/mol. The van der Waals surface area contributed by atoms with Crippen molar-refractivity contribution in [1.82, 2.24) is 14.7 Å². The maximum Gasteiger partial charge on any atom is 0.230 e. The molecule has 0 spiro atoms. The minimum atomic E-state index is -0.208. The molecule has 122 valence electrons. The Morgan fingerprint density at radius 1 is 0.864 bits per heavy atom. The lowest BCUT2D eigenvalue weighted by Crippen LogP contribution is -2.47. The minimum absolute atomic E-state index is 0.110. The van der Waals surface area contributed by atoms with Crippen molar-refractivity contribution >= 4 is 23.6 Å².